The third-order valence-electron chi connectivity index (χ3n) is 14.2. The molecule has 0 unspecified atom stereocenters. The largest absolute Gasteiger partial charge is 0.496 e. The van der Waals surface area contributed by atoms with Gasteiger partial charge in [-0.25, -0.2) is 0 Å². The van der Waals surface area contributed by atoms with Crippen molar-refractivity contribution >= 4 is 23.6 Å². The van der Waals surface area contributed by atoms with Gasteiger partial charge in [0, 0.05) is 52.4 Å². The number of amides is 4. The van der Waals surface area contributed by atoms with Crippen LogP contribution in [0.5, 0.6) is 5.75 Å². The first-order valence-corrected chi connectivity index (χ1v) is 26.6. The van der Waals surface area contributed by atoms with E-state index in [9.17, 15) is 19.2 Å². The molecule has 8 rings (SSSR count). The average molecular weight is 955 g/mol. The van der Waals surface area contributed by atoms with Crippen LogP contribution in [0.25, 0.3) is 0 Å². The molecule has 0 saturated carbocycles. The lowest BCUT2D eigenvalue weighted by Gasteiger charge is -2.31. The molecule has 0 bridgehead atoms. The van der Waals surface area contributed by atoms with Crippen LogP contribution in [0.4, 0.5) is 0 Å². The summed E-state index contributed by atoms with van der Waals surface area (Å²) in [6.45, 7) is 27.2. The fourth-order valence-electron chi connectivity index (χ4n) is 9.23. The maximum atomic E-state index is 12.1. The molecular weight excluding hydrogens is 869 g/mol. The zero-order valence-corrected chi connectivity index (χ0v) is 44.7. The van der Waals surface area contributed by atoms with Gasteiger partial charge < -0.3 is 24.3 Å². The predicted molar refractivity (Wildman–Crippen MR) is 287 cm³/mol. The molecule has 380 valence electrons. The zero-order valence-electron chi connectivity index (χ0n) is 44.7. The van der Waals surface area contributed by atoms with Crippen molar-refractivity contribution in [3.63, 3.8) is 0 Å². The minimum absolute atomic E-state index is 0.233. The van der Waals surface area contributed by atoms with Crippen LogP contribution in [0, 0.1) is 0 Å². The molecule has 70 heavy (non-hydrogen) atoms. The highest BCUT2D eigenvalue weighted by atomic mass is 16.5. The summed E-state index contributed by atoms with van der Waals surface area (Å²) in [6, 6.07) is 29.5. The number of nitrogens with zero attached hydrogens (tertiary/aromatic N) is 4. The number of carbonyl (C=O) groups excluding carboxylic acids is 4. The van der Waals surface area contributed by atoms with Gasteiger partial charge in [0.2, 0.25) is 23.6 Å². The Labute approximate surface area is 422 Å². The van der Waals surface area contributed by atoms with Crippen molar-refractivity contribution in [1.29, 1.82) is 0 Å². The molecule has 4 amide bonds. The number of rotatable bonds is 14. The lowest BCUT2D eigenvalue weighted by atomic mass is 9.93. The minimum atomic E-state index is 0.233. The lowest BCUT2D eigenvalue weighted by Crippen LogP contribution is -2.42. The summed E-state index contributed by atoms with van der Waals surface area (Å²) in [6.07, 6.45) is 10.1. The highest BCUT2D eigenvalue weighted by Crippen LogP contribution is 2.28. The molecule has 0 aromatic heterocycles. The Kier molecular flexibility index (Phi) is 22.1. The molecule has 0 atom stereocenters. The number of benzene rings is 4. The van der Waals surface area contributed by atoms with Crippen LogP contribution < -0.4 is 4.74 Å². The molecule has 9 heteroatoms. The molecule has 4 fully saturated rings. The number of hydrogen-bond acceptors (Lipinski definition) is 5. The molecule has 0 aliphatic carbocycles. The number of methoxy groups -OCH3 is 1. The number of likely N-dealkylation sites (tertiary alicyclic amines) is 4. The monoisotopic (exact) mass is 955 g/mol. The molecule has 0 N–H and O–H groups in total. The number of ether oxygens (including phenoxy) is 1. The van der Waals surface area contributed by atoms with E-state index < -0.39 is 0 Å². The van der Waals surface area contributed by atoms with Gasteiger partial charge in [-0.2, -0.15) is 0 Å². The Bertz CT molecular complexity index is 2260. The maximum Gasteiger partial charge on any atom is 0.226 e. The van der Waals surface area contributed by atoms with E-state index in [0.29, 0.717) is 49.4 Å². The van der Waals surface area contributed by atoms with Gasteiger partial charge in [-0.3, -0.25) is 19.2 Å². The normalized spacial score (nSPS) is 15.1. The van der Waals surface area contributed by atoms with E-state index in [1.807, 2.05) is 31.7 Å². The van der Waals surface area contributed by atoms with Crippen LogP contribution in [-0.2, 0) is 51.3 Å². The summed E-state index contributed by atoms with van der Waals surface area (Å²) < 4.78 is 5.43. The number of aryl methyl sites for hydroxylation is 1. The molecule has 4 aliphatic heterocycles. The second-order valence-corrected chi connectivity index (χ2v) is 20.9. The van der Waals surface area contributed by atoms with E-state index in [1.54, 1.807) is 7.11 Å². The molecule has 9 nitrogen and oxygen atoms in total. The van der Waals surface area contributed by atoms with Crippen LogP contribution >= 0.6 is 0 Å². The van der Waals surface area contributed by atoms with E-state index in [2.05, 4.69) is 135 Å². The van der Waals surface area contributed by atoms with E-state index >= 15 is 0 Å². The summed E-state index contributed by atoms with van der Waals surface area (Å²) in [7, 11) is 1.69. The van der Waals surface area contributed by atoms with Gasteiger partial charge in [0.1, 0.15) is 5.75 Å². The van der Waals surface area contributed by atoms with Crippen molar-refractivity contribution in [3.05, 3.63) is 135 Å². The van der Waals surface area contributed by atoms with Gasteiger partial charge in [-0.15, -0.1) is 0 Å². The summed E-state index contributed by atoms with van der Waals surface area (Å²) in [5, 5.41) is 0. The third kappa shape index (κ3) is 16.9. The Morgan fingerprint density at radius 2 is 0.729 bits per heavy atom. The summed E-state index contributed by atoms with van der Waals surface area (Å²) in [5.41, 5.74) is 11.1. The summed E-state index contributed by atoms with van der Waals surface area (Å²) in [4.78, 5) is 55.6. The van der Waals surface area contributed by atoms with Crippen LogP contribution in [0.15, 0.2) is 84.9 Å². The Hall–Kier alpha value is -5.44. The number of carbonyl (C=O) groups is 4. The molecule has 4 aliphatic rings. The van der Waals surface area contributed by atoms with Crippen LogP contribution in [-0.4, -0.2) is 103 Å². The zero-order chi connectivity index (χ0) is 50.7. The Balaban J connectivity index is 0.000000174. The smallest absolute Gasteiger partial charge is 0.226 e. The predicted octanol–water partition coefficient (Wildman–Crippen LogP) is 11.7. The molecular formula is C61H86N4O5. The van der Waals surface area contributed by atoms with Gasteiger partial charge in [0.05, 0.1) is 32.8 Å². The van der Waals surface area contributed by atoms with Crippen molar-refractivity contribution in [2.75, 3.05) is 59.5 Å². The second-order valence-electron chi connectivity index (χ2n) is 20.9. The van der Waals surface area contributed by atoms with Crippen LogP contribution in [0.3, 0.4) is 0 Å². The van der Waals surface area contributed by atoms with Crippen molar-refractivity contribution in [2.24, 2.45) is 0 Å². The first-order valence-electron chi connectivity index (χ1n) is 26.6. The molecule has 4 saturated heterocycles. The summed E-state index contributed by atoms with van der Waals surface area (Å²) in [5.74, 6) is 4.04. The highest BCUT2D eigenvalue weighted by Gasteiger charge is 2.23. The van der Waals surface area contributed by atoms with Gasteiger partial charge in [-0.05, 0) is 125 Å². The van der Waals surface area contributed by atoms with E-state index in [-0.39, 0.29) is 23.6 Å². The first kappa shape index (κ1) is 55.5. The topological polar surface area (TPSA) is 90.5 Å². The van der Waals surface area contributed by atoms with Crippen molar-refractivity contribution in [3.8, 4) is 5.75 Å². The second kappa shape index (κ2) is 27.8. The quantitative estimate of drug-likeness (QED) is 0.126. The Morgan fingerprint density at radius 1 is 0.414 bits per heavy atom. The fraction of sp³-hybridized carbons (Fsp3) is 0.541. The molecule has 0 spiro atoms. The van der Waals surface area contributed by atoms with Gasteiger partial charge in [0.15, 0.2) is 0 Å². The standard InChI is InChI=1S/C16H23NO2.C16H23NO.C15H21NO.C14H19NO/c1-12(2)14-7-6-13(10-15(14)19-3)11-16(18)17-8-4-5-9-17;1-4-14-10-13(6-7-15(14)12(2)3)11-16(18)17-8-5-9-17;1-12(2)14-7-5-13(6-8-14)11-15(17)16-9-3-4-10-16;1-11(2)13-6-4-12(5-7-13)10-14(16)15-8-3-9-15/h6-7,10,12H,4-5,8-9,11H2,1-3H3;6-7,10,12H,4-5,8-9,11H2,1-3H3;5-8,12H,3-4,9-11H2,1-2H3;4-7,11H,3,8-10H2,1-2H3. The van der Waals surface area contributed by atoms with Gasteiger partial charge in [0.25, 0.3) is 0 Å². The lowest BCUT2D eigenvalue weighted by molar-refractivity contribution is -0.134. The molecule has 4 heterocycles. The first-order chi connectivity index (χ1) is 33.6. The maximum absolute atomic E-state index is 12.1. The Morgan fingerprint density at radius 3 is 1.03 bits per heavy atom. The van der Waals surface area contributed by atoms with Gasteiger partial charge in [-0.1, -0.05) is 141 Å². The minimum Gasteiger partial charge on any atom is -0.496 e. The molecule has 4 aromatic rings. The van der Waals surface area contributed by atoms with Crippen molar-refractivity contribution in [1.82, 2.24) is 19.6 Å². The summed E-state index contributed by atoms with van der Waals surface area (Å²) >= 11 is 0. The van der Waals surface area contributed by atoms with Crippen LogP contribution in [0.1, 0.15) is 175 Å². The number of hydrogen-bond donors (Lipinski definition) is 0. The average Bonchev–Trinajstić information content (AvgIpc) is 4.05. The van der Waals surface area contributed by atoms with E-state index in [1.165, 1.54) is 27.8 Å². The molecule has 0 radical (unpaired) electrons. The van der Waals surface area contributed by atoms with Crippen molar-refractivity contribution < 1.29 is 23.9 Å². The van der Waals surface area contributed by atoms with Crippen molar-refractivity contribution in [2.45, 2.75) is 157 Å². The van der Waals surface area contributed by atoms with E-state index in [4.69, 9.17) is 4.74 Å². The van der Waals surface area contributed by atoms with E-state index in [0.717, 1.165) is 125 Å². The van der Waals surface area contributed by atoms with Crippen LogP contribution in [0.2, 0.25) is 0 Å². The fourth-order valence-corrected chi connectivity index (χ4v) is 9.23. The third-order valence-corrected chi connectivity index (χ3v) is 14.2. The molecule has 4 aromatic carbocycles. The highest BCUT2D eigenvalue weighted by molar-refractivity contribution is 5.81. The SMILES string of the molecule is CC(C)c1ccc(CC(=O)N2CCC2)cc1.CC(C)c1ccc(CC(=O)N2CCCC2)cc1.CCc1cc(CC(=O)N2CCC2)ccc1C(C)C.COc1cc(CC(=O)N2CCCC2)ccc1C(C)C. The van der Waals surface area contributed by atoms with Gasteiger partial charge >= 0.3 is 0 Å².